The van der Waals surface area contributed by atoms with Crippen molar-refractivity contribution in [3.8, 4) is 0 Å². The summed E-state index contributed by atoms with van der Waals surface area (Å²) in [6, 6.07) is 5.50. The van der Waals surface area contributed by atoms with Gasteiger partial charge in [-0.1, -0.05) is 5.21 Å². The second-order valence-electron chi connectivity index (χ2n) is 6.00. The van der Waals surface area contributed by atoms with E-state index in [1.54, 1.807) is 15.6 Å². The number of aromatic amines is 1. The maximum absolute atomic E-state index is 12.9. The first-order valence-electron chi connectivity index (χ1n) is 8.28. The number of rotatable bonds is 3. The fraction of sp³-hybridized carbons (Fsp3) is 0.438. The standard InChI is InChI=1S/C16H19N7O2/c1-3-23-13-5-4-11(8-12(13)19-21-23)16(24)22-6-7-25-14(9-22)15-17-10(2)18-20-15/h4-5,8,14H,3,6-7,9H2,1-2H3,(H,17,18,20)/t14-/m0/s1. The van der Waals surface area contributed by atoms with Crippen molar-refractivity contribution in [1.29, 1.82) is 0 Å². The van der Waals surface area contributed by atoms with E-state index < -0.39 is 0 Å². The molecule has 1 N–H and O–H groups in total. The lowest BCUT2D eigenvalue weighted by Gasteiger charge is -2.31. The van der Waals surface area contributed by atoms with Crippen LogP contribution in [0.2, 0.25) is 0 Å². The minimum atomic E-state index is -0.313. The van der Waals surface area contributed by atoms with E-state index in [-0.39, 0.29) is 12.0 Å². The molecule has 9 nitrogen and oxygen atoms in total. The van der Waals surface area contributed by atoms with Gasteiger partial charge in [-0.25, -0.2) is 9.67 Å². The van der Waals surface area contributed by atoms with Gasteiger partial charge in [0.25, 0.3) is 5.91 Å². The number of morpholine rings is 1. The predicted molar refractivity (Wildman–Crippen MR) is 88.9 cm³/mol. The van der Waals surface area contributed by atoms with Crippen molar-refractivity contribution in [2.45, 2.75) is 26.5 Å². The van der Waals surface area contributed by atoms with Gasteiger partial charge in [-0.05, 0) is 32.0 Å². The van der Waals surface area contributed by atoms with Gasteiger partial charge in [0.1, 0.15) is 17.4 Å². The lowest BCUT2D eigenvalue weighted by Crippen LogP contribution is -2.42. The zero-order chi connectivity index (χ0) is 17.4. The molecule has 1 atom stereocenters. The van der Waals surface area contributed by atoms with Crippen LogP contribution in [0, 0.1) is 6.92 Å². The van der Waals surface area contributed by atoms with Crippen molar-refractivity contribution in [3.63, 3.8) is 0 Å². The van der Waals surface area contributed by atoms with Crippen molar-refractivity contribution >= 4 is 16.9 Å². The second-order valence-corrected chi connectivity index (χ2v) is 6.00. The summed E-state index contributed by atoms with van der Waals surface area (Å²) in [4.78, 5) is 18.9. The first-order valence-corrected chi connectivity index (χ1v) is 8.28. The van der Waals surface area contributed by atoms with Crippen molar-refractivity contribution in [2.75, 3.05) is 19.7 Å². The Labute approximate surface area is 144 Å². The van der Waals surface area contributed by atoms with E-state index in [4.69, 9.17) is 4.74 Å². The molecule has 3 aromatic rings. The number of carbonyl (C=O) groups is 1. The Kier molecular flexibility index (Phi) is 3.92. The number of aryl methyl sites for hydroxylation is 2. The van der Waals surface area contributed by atoms with Gasteiger partial charge in [-0.15, -0.1) is 5.10 Å². The van der Waals surface area contributed by atoms with Gasteiger partial charge in [0.05, 0.1) is 18.7 Å². The average molecular weight is 341 g/mol. The number of fused-ring (bicyclic) bond motifs is 1. The zero-order valence-electron chi connectivity index (χ0n) is 14.1. The van der Waals surface area contributed by atoms with Gasteiger partial charge < -0.3 is 9.64 Å². The number of nitrogens with zero attached hydrogens (tertiary/aromatic N) is 6. The Morgan fingerprint density at radius 2 is 2.32 bits per heavy atom. The normalized spacial score (nSPS) is 18.0. The van der Waals surface area contributed by atoms with Crippen molar-refractivity contribution in [2.24, 2.45) is 0 Å². The molecule has 4 rings (SSSR count). The summed E-state index contributed by atoms with van der Waals surface area (Å²) in [5.74, 6) is 1.26. The molecule has 1 amide bonds. The molecule has 0 saturated carbocycles. The molecule has 0 spiro atoms. The van der Waals surface area contributed by atoms with Crippen LogP contribution >= 0.6 is 0 Å². The predicted octanol–water partition coefficient (Wildman–Crippen LogP) is 1.09. The number of nitrogens with one attached hydrogen (secondary N) is 1. The van der Waals surface area contributed by atoms with Crippen molar-refractivity contribution < 1.29 is 9.53 Å². The molecular formula is C16H19N7O2. The summed E-state index contributed by atoms with van der Waals surface area (Å²) in [7, 11) is 0. The van der Waals surface area contributed by atoms with E-state index in [0.717, 1.165) is 23.4 Å². The van der Waals surface area contributed by atoms with Gasteiger partial charge in [-0.3, -0.25) is 9.89 Å². The van der Waals surface area contributed by atoms with Crippen LogP contribution in [-0.2, 0) is 11.3 Å². The van der Waals surface area contributed by atoms with Crippen molar-refractivity contribution in [1.82, 2.24) is 35.1 Å². The van der Waals surface area contributed by atoms with Gasteiger partial charge >= 0.3 is 0 Å². The quantitative estimate of drug-likeness (QED) is 0.765. The van der Waals surface area contributed by atoms with Crippen LogP contribution in [0.4, 0.5) is 0 Å². The summed E-state index contributed by atoms with van der Waals surface area (Å²) in [6.07, 6.45) is -0.313. The number of hydrogen-bond donors (Lipinski definition) is 1. The Morgan fingerprint density at radius 3 is 3.08 bits per heavy atom. The molecule has 1 aliphatic rings. The number of aromatic nitrogens is 6. The Bertz CT molecular complexity index is 916. The van der Waals surface area contributed by atoms with Crippen LogP contribution in [0.3, 0.4) is 0 Å². The molecule has 25 heavy (non-hydrogen) atoms. The fourth-order valence-corrected chi connectivity index (χ4v) is 3.02. The summed E-state index contributed by atoms with van der Waals surface area (Å²) >= 11 is 0. The monoisotopic (exact) mass is 341 g/mol. The van der Waals surface area contributed by atoms with Gasteiger partial charge in [0, 0.05) is 18.7 Å². The first-order chi connectivity index (χ1) is 12.2. The molecule has 130 valence electrons. The van der Waals surface area contributed by atoms with Crippen LogP contribution in [0.15, 0.2) is 18.2 Å². The smallest absolute Gasteiger partial charge is 0.254 e. The molecule has 0 radical (unpaired) electrons. The topological polar surface area (TPSA) is 102 Å². The molecule has 0 aliphatic carbocycles. The third-order valence-electron chi connectivity index (χ3n) is 4.32. The minimum Gasteiger partial charge on any atom is -0.366 e. The van der Waals surface area contributed by atoms with Crippen LogP contribution < -0.4 is 0 Å². The molecule has 1 saturated heterocycles. The van der Waals surface area contributed by atoms with E-state index >= 15 is 0 Å². The van der Waals surface area contributed by atoms with E-state index in [1.807, 2.05) is 26.0 Å². The highest BCUT2D eigenvalue weighted by Gasteiger charge is 2.28. The van der Waals surface area contributed by atoms with Gasteiger partial charge in [-0.2, -0.15) is 5.10 Å². The van der Waals surface area contributed by atoms with E-state index in [0.29, 0.717) is 31.1 Å². The Balaban J connectivity index is 1.55. The average Bonchev–Trinajstić information content (AvgIpc) is 3.26. The maximum atomic E-state index is 12.9. The summed E-state index contributed by atoms with van der Waals surface area (Å²) in [5, 5.41) is 15.2. The third-order valence-corrected chi connectivity index (χ3v) is 4.32. The number of amides is 1. The molecule has 3 heterocycles. The molecule has 1 fully saturated rings. The van der Waals surface area contributed by atoms with Gasteiger partial charge in [0.15, 0.2) is 5.82 Å². The first kappa shape index (κ1) is 15.7. The van der Waals surface area contributed by atoms with Crippen LogP contribution in [-0.4, -0.2) is 60.7 Å². The number of carbonyl (C=O) groups excluding carboxylic acids is 1. The van der Waals surface area contributed by atoms with Crippen LogP contribution in [0.25, 0.3) is 11.0 Å². The molecule has 9 heteroatoms. The highest BCUT2D eigenvalue weighted by atomic mass is 16.5. The molecule has 0 bridgehead atoms. The van der Waals surface area contributed by atoms with Crippen LogP contribution in [0.1, 0.15) is 35.0 Å². The summed E-state index contributed by atoms with van der Waals surface area (Å²) in [5.41, 5.74) is 2.25. The molecule has 1 aliphatic heterocycles. The molecule has 1 aromatic carbocycles. The number of H-pyrrole nitrogens is 1. The van der Waals surface area contributed by atoms with Crippen molar-refractivity contribution in [3.05, 3.63) is 35.4 Å². The summed E-state index contributed by atoms with van der Waals surface area (Å²) in [6.45, 7) is 6.00. The number of hydrogen-bond acceptors (Lipinski definition) is 6. The molecule has 0 unspecified atom stereocenters. The summed E-state index contributed by atoms with van der Waals surface area (Å²) < 4.78 is 7.52. The SMILES string of the molecule is CCn1nnc2cc(C(=O)N3CCO[C@H](c4n[nH]c(C)n4)C3)ccc21. The highest BCUT2D eigenvalue weighted by molar-refractivity contribution is 5.97. The third kappa shape index (κ3) is 2.86. The maximum Gasteiger partial charge on any atom is 0.254 e. The lowest BCUT2D eigenvalue weighted by atomic mass is 10.1. The zero-order valence-corrected chi connectivity index (χ0v) is 14.1. The highest BCUT2D eigenvalue weighted by Crippen LogP contribution is 2.22. The molecule has 2 aromatic heterocycles. The second kappa shape index (κ2) is 6.25. The molecular weight excluding hydrogens is 322 g/mol. The fourth-order valence-electron chi connectivity index (χ4n) is 3.02. The van der Waals surface area contributed by atoms with Crippen LogP contribution in [0.5, 0.6) is 0 Å². The Hall–Kier alpha value is -2.81. The Morgan fingerprint density at radius 1 is 1.44 bits per heavy atom. The van der Waals surface area contributed by atoms with E-state index in [9.17, 15) is 4.79 Å². The largest absolute Gasteiger partial charge is 0.366 e. The minimum absolute atomic E-state index is 0.0477. The number of ether oxygens (including phenoxy) is 1. The number of benzene rings is 1. The van der Waals surface area contributed by atoms with E-state index in [1.165, 1.54) is 0 Å². The van der Waals surface area contributed by atoms with E-state index in [2.05, 4.69) is 25.5 Å². The van der Waals surface area contributed by atoms with Gasteiger partial charge in [0.2, 0.25) is 0 Å². The lowest BCUT2D eigenvalue weighted by molar-refractivity contribution is -0.0266.